The van der Waals surface area contributed by atoms with Crippen molar-refractivity contribution in [2.24, 2.45) is 0 Å². The third-order valence-electron chi connectivity index (χ3n) is 16.1. The second-order valence-corrected chi connectivity index (χ2v) is 25.9. The fraction of sp³-hybridized carbons (Fsp3) is 0.583. The van der Waals surface area contributed by atoms with Crippen molar-refractivity contribution < 1.29 is 19.0 Å². The largest absolute Gasteiger partial charge is 0.893 e. The van der Waals surface area contributed by atoms with Gasteiger partial charge in [0.15, 0.2) is 0 Å². The highest BCUT2D eigenvalue weighted by Gasteiger charge is 2.36. The molecule has 5 rings (SSSR count). The molecule has 0 saturated heterocycles. The summed E-state index contributed by atoms with van der Waals surface area (Å²) in [5.74, 6) is 0. The first-order valence-electron chi connectivity index (χ1n) is 32.0. The minimum atomic E-state index is -1.83. The Morgan fingerprint density at radius 2 is 0.588 bits per heavy atom. The van der Waals surface area contributed by atoms with Crippen molar-refractivity contribution in [1.82, 2.24) is 0 Å². The lowest BCUT2D eigenvalue weighted by molar-refractivity contribution is -0.903. The Morgan fingerprint density at radius 3 is 0.838 bits per heavy atom. The number of unbranched alkanes of at least 4 members (excludes halogenated alkanes) is 26. The molecule has 0 aliphatic rings. The monoisotopic (exact) mass is 1150 g/mol. The van der Waals surface area contributed by atoms with Crippen LogP contribution in [0.2, 0.25) is 21.4 Å². The first kappa shape index (κ1) is 71.1. The van der Waals surface area contributed by atoms with Crippen LogP contribution in [0.4, 0.5) is 0 Å². The highest BCUT2D eigenvalue weighted by Crippen LogP contribution is 2.44. The van der Waals surface area contributed by atoms with Crippen LogP contribution in [0, 0.1) is 0 Å². The number of halogens is 3. The summed E-state index contributed by atoms with van der Waals surface area (Å²) >= 11 is 18.4. The van der Waals surface area contributed by atoms with Crippen molar-refractivity contribution in [3.63, 3.8) is 0 Å². The highest BCUT2D eigenvalue weighted by molar-refractivity contribution is 6.36. The van der Waals surface area contributed by atoms with Gasteiger partial charge < -0.3 is 19.0 Å². The molecule has 444 valence electrons. The van der Waals surface area contributed by atoms with Crippen LogP contribution in [0.5, 0.6) is 0 Å². The summed E-state index contributed by atoms with van der Waals surface area (Å²) in [5, 5.41) is 24.2. The minimum absolute atomic E-state index is 0.0660. The van der Waals surface area contributed by atoms with Crippen LogP contribution in [0.3, 0.4) is 0 Å². The van der Waals surface area contributed by atoms with Crippen molar-refractivity contribution in [2.75, 3.05) is 41.3 Å². The summed E-state index contributed by atoms with van der Waals surface area (Å²) in [5.41, 5.74) is 5.43. The Kier molecular flexibility index (Phi) is 38.7. The van der Waals surface area contributed by atoms with Gasteiger partial charge in [0, 0.05) is 31.6 Å². The number of rotatable bonds is 41. The topological polar surface area (TPSA) is 46.1 Å². The van der Waals surface area contributed by atoms with Gasteiger partial charge in [0.25, 0.3) is 0 Å². The van der Waals surface area contributed by atoms with Crippen LogP contribution in [0.25, 0.3) is 0 Å². The van der Waals surface area contributed by atoms with Gasteiger partial charge in [-0.05, 0) is 85.2 Å². The van der Waals surface area contributed by atoms with Gasteiger partial charge in [0.1, 0.15) is 13.1 Å². The normalized spacial score (nSPS) is 11.7. The molecule has 5 aromatic carbocycles. The Balaban J connectivity index is 0.000000316. The molecule has 0 aliphatic carbocycles. The molecule has 0 aliphatic heterocycles. The van der Waals surface area contributed by atoms with Crippen LogP contribution in [-0.4, -0.2) is 57.4 Å². The Bertz CT molecular complexity index is 2010. The molecular weight excluding hydrogens is 1040 g/mol. The summed E-state index contributed by atoms with van der Waals surface area (Å²) in [6.45, 7) is 9.49. The third kappa shape index (κ3) is 32.6. The van der Waals surface area contributed by atoms with Crippen molar-refractivity contribution >= 4 is 41.9 Å². The van der Waals surface area contributed by atoms with E-state index < -0.39 is 12.5 Å². The van der Waals surface area contributed by atoms with Gasteiger partial charge in [-0.2, -0.15) is 0 Å². The van der Waals surface area contributed by atoms with Crippen molar-refractivity contribution in [2.45, 2.75) is 231 Å². The van der Waals surface area contributed by atoms with E-state index in [0.717, 1.165) is 38.7 Å². The number of nitrogens with zero attached hydrogens (tertiary/aromatic N) is 2. The maximum absolute atomic E-state index is 11.1. The molecule has 0 atom stereocenters. The summed E-state index contributed by atoms with van der Waals surface area (Å²) in [6, 6.07) is 44.8. The third-order valence-corrected chi connectivity index (χ3v) is 16.9. The van der Waals surface area contributed by atoms with Gasteiger partial charge in [0.2, 0.25) is 0 Å². The fourth-order valence-corrected chi connectivity index (χ4v) is 11.8. The van der Waals surface area contributed by atoms with Crippen LogP contribution in [-0.2, 0) is 18.5 Å². The maximum atomic E-state index is 11.1. The van der Waals surface area contributed by atoms with Crippen LogP contribution in [0.1, 0.15) is 234 Å². The van der Waals surface area contributed by atoms with E-state index in [9.17, 15) is 10.0 Å². The molecule has 0 unspecified atom stereocenters. The zero-order valence-corrected chi connectivity index (χ0v) is 53.6. The predicted octanol–water partition coefficient (Wildman–Crippen LogP) is 20.5. The van der Waals surface area contributed by atoms with Crippen LogP contribution in [0.15, 0.2) is 133 Å². The number of hydrogen-bond acceptors (Lipinski definition) is 2. The van der Waals surface area contributed by atoms with E-state index in [0.29, 0.717) is 27.9 Å². The highest BCUT2D eigenvalue weighted by atomic mass is 35.5. The lowest BCUT2D eigenvalue weighted by Crippen LogP contribution is -2.44. The van der Waals surface area contributed by atoms with Crippen LogP contribution >= 0.6 is 34.8 Å². The molecule has 0 radical (unpaired) electrons. The molecule has 0 bridgehead atoms. The molecule has 0 aromatic heterocycles. The SMILES string of the molecule is CCCCCCCCCCCCCCCC[N+](C)(C)Cc1ccccc1.CCCCCCCCCCCCCCCC[N+](C)(C)Cc1ccccc1.[O-]B([O-])CCCC(c1ccc(Cl)cc1)(c1ccc(Cl)cc1)c1ccc(Cl)cc1. The molecule has 0 heterocycles. The molecule has 5 aromatic rings. The summed E-state index contributed by atoms with van der Waals surface area (Å²) < 4.78 is 2.23. The van der Waals surface area contributed by atoms with Gasteiger partial charge in [-0.25, -0.2) is 0 Å². The summed E-state index contributed by atoms with van der Waals surface area (Å²) in [6.07, 6.45) is 41.5. The number of quaternary nitrogens is 2. The minimum Gasteiger partial charge on any atom is -0.893 e. The maximum Gasteiger partial charge on any atom is 0.104 e. The van der Waals surface area contributed by atoms with E-state index >= 15 is 0 Å². The first-order chi connectivity index (χ1) is 38.7. The quantitative estimate of drug-likeness (QED) is 0.0169. The zero-order chi connectivity index (χ0) is 58.0. The predicted molar refractivity (Wildman–Crippen MR) is 349 cm³/mol. The molecule has 0 fully saturated rings. The summed E-state index contributed by atoms with van der Waals surface area (Å²) in [7, 11) is 7.65. The standard InChI is InChI=1S/2C25H46N.C22H18BCl3O2/c2*1-4-5-6-7-8-9-10-11-12-13-14-15-16-20-23-26(2,3)24-25-21-18-17-19-22-25;24-19-8-2-16(3-9-19)22(14-1-15-23(27)28,17-4-10-20(25)11-5-17)18-6-12-21(26)13-7-18/h2*17-19,21-22H,4-16,20,23-24H2,1-3H3;2-13H,1,14-15H2/q2*+1;-2. The van der Waals surface area contributed by atoms with E-state index in [4.69, 9.17) is 34.8 Å². The van der Waals surface area contributed by atoms with Gasteiger partial charge in [0.05, 0.1) is 41.3 Å². The molecular formula is C72H110BCl3N2O2. The molecule has 4 nitrogen and oxygen atoms in total. The molecule has 0 amide bonds. The summed E-state index contributed by atoms with van der Waals surface area (Å²) in [4.78, 5) is 0. The van der Waals surface area contributed by atoms with E-state index in [1.165, 1.54) is 204 Å². The van der Waals surface area contributed by atoms with Gasteiger partial charge in [-0.3, -0.25) is 0 Å². The zero-order valence-electron chi connectivity index (χ0n) is 51.4. The van der Waals surface area contributed by atoms with Gasteiger partial charge >= 0.3 is 0 Å². The smallest absolute Gasteiger partial charge is 0.104 e. The number of hydrogen-bond donors (Lipinski definition) is 0. The van der Waals surface area contributed by atoms with Gasteiger partial charge in [-0.1, -0.05) is 306 Å². The van der Waals surface area contributed by atoms with E-state index in [-0.39, 0.29) is 6.32 Å². The second-order valence-electron chi connectivity index (χ2n) is 24.5. The molecule has 80 heavy (non-hydrogen) atoms. The lowest BCUT2D eigenvalue weighted by Gasteiger charge is -2.38. The average molecular weight is 1150 g/mol. The lowest BCUT2D eigenvalue weighted by atomic mass is 9.65. The van der Waals surface area contributed by atoms with E-state index in [1.807, 2.05) is 72.8 Å². The molecule has 0 N–H and O–H groups in total. The number of benzene rings is 5. The van der Waals surface area contributed by atoms with E-state index in [2.05, 4.69) is 103 Å². The van der Waals surface area contributed by atoms with Crippen molar-refractivity contribution in [3.05, 3.63) is 176 Å². The molecule has 0 spiro atoms. The van der Waals surface area contributed by atoms with E-state index in [1.54, 1.807) is 0 Å². The average Bonchev–Trinajstić information content (AvgIpc) is 3.44. The Labute approximate surface area is 506 Å². The van der Waals surface area contributed by atoms with Crippen molar-refractivity contribution in [1.29, 1.82) is 0 Å². The Hall–Kier alpha value is -3.13. The van der Waals surface area contributed by atoms with Crippen LogP contribution < -0.4 is 10.0 Å². The first-order valence-corrected chi connectivity index (χ1v) is 33.1. The molecule has 8 heteroatoms. The Morgan fingerprint density at radius 1 is 0.338 bits per heavy atom. The van der Waals surface area contributed by atoms with Crippen molar-refractivity contribution in [3.8, 4) is 0 Å². The second kappa shape index (κ2) is 43.5. The fourth-order valence-electron chi connectivity index (χ4n) is 11.5. The molecule has 0 saturated carbocycles. The van der Waals surface area contributed by atoms with Gasteiger partial charge in [-0.15, -0.1) is 13.4 Å².